The Kier molecular flexibility index (Phi) is 31.8. The highest BCUT2D eigenvalue weighted by Gasteiger charge is 2.44. The number of carbonyl (C=O) groups excluding carboxylic acids is 1. The van der Waals surface area contributed by atoms with Crippen LogP contribution < -0.4 is 5.32 Å². The van der Waals surface area contributed by atoms with Crippen LogP contribution in [-0.4, -0.2) is 98.7 Å². The summed E-state index contributed by atoms with van der Waals surface area (Å²) in [6, 6.07) is -0.978. The molecule has 8 atom stereocenters. The van der Waals surface area contributed by atoms with Gasteiger partial charge in [-0.05, 0) is 44.9 Å². The Bertz CT molecular complexity index is 901. The van der Waals surface area contributed by atoms with Crippen molar-refractivity contribution in [3.8, 4) is 0 Å². The minimum atomic E-state index is -1.61. The first-order chi connectivity index (χ1) is 25.8. The van der Waals surface area contributed by atoms with Crippen LogP contribution in [0.5, 0.6) is 0 Å². The third-order valence-electron chi connectivity index (χ3n) is 10.4. The fourth-order valence-electron chi connectivity index (χ4n) is 6.74. The first-order valence-corrected chi connectivity index (χ1v) is 21.7. The molecular formula is C43H81NO9. The molecule has 0 aromatic carbocycles. The number of ether oxygens (including phenoxy) is 2. The summed E-state index contributed by atoms with van der Waals surface area (Å²) in [7, 11) is 0. The van der Waals surface area contributed by atoms with Gasteiger partial charge in [-0.25, -0.2) is 0 Å². The summed E-state index contributed by atoms with van der Waals surface area (Å²) in [6.45, 7) is 3.57. The lowest BCUT2D eigenvalue weighted by Gasteiger charge is -2.40. The normalized spacial score (nSPS) is 22.5. The van der Waals surface area contributed by atoms with Crippen LogP contribution in [0.2, 0.25) is 0 Å². The van der Waals surface area contributed by atoms with Crippen LogP contribution in [0.15, 0.2) is 24.3 Å². The monoisotopic (exact) mass is 756 g/mol. The van der Waals surface area contributed by atoms with Gasteiger partial charge in [0.2, 0.25) is 5.91 Å². The van der Waals surface area contributed by atoms with Crippen LogP contribution in [0.3, 0.4) is 0 Å². The van der Waals surface area contributed by atoms with Gasteiger partial charge in [-0.2, -0.15) is 0 Å². The van der Waals surface area contributed by atoms with Gasteiger partial charge in [0, 0.05) is 0 Å². The number of hydrogen-bond donors (Lipinski definition) is 7. The van der Waals surface area contributed by atoms with Crippen molar-refractivity contribution in [2.75, 3.05) is 13.2 Å². The fraction of sp³-hybridized carbons (Fsp3) is 0.884. The van der Waals surface area contributed by atoms with Crippen LogP contribution in [0, 0.1) is 0 Å². The Labute approximate surface area is 322 Å². The quantitative estimate of drug-likeness (QED) is 0.0259. The van der Waals surface area contributed by atoms with Crippen molar-refractivity contribution < 1.29 is 44.9 Å². The number of nitrogens with one attached hydrogen (secondary N) is 1. The number of carbonyl (C=O) groups is 1. The molecule has 8 unspecified atom stereocenters. The van der Waals surface area contributed by atoms with E-state index < -0.39 is 61.5 Å². The van der Waals surface area contributed by atoms with Gasteiger partial charge < -0.3 is 45.4 Å². The first kappa shape index (κ1) is 49.6. The van der Waals surface area contributed by atoms with E-state index in [0.29, 0.717) is 12.8 Å². The van der Waals surface area contributed by atoms with Gasteiger partial charge in [0.25, 0.3) is 0 Å². The zero-order chi connectivity index (χ0) is 38.9. The van der Waals surface area contributed by atoms with Gasteiger partial charge >= 0.3 is 0 Å². The van der Waals surface area contributed by atoms with E-state index in [1.165, 1.54) is 109 Å². The van der Waals surface area contributed by atoms with Crippen LogP contribution in [0.4, 0.5) is 0 Å². The third kappa shape index (κ3) is 24.7. The average Bonchev–Trinajstić information content (AvgIpc) is 3.16. The number of hydrogen-bond acceptors (Lipinski definition) is 9. The number of allylic oxidation sites excluding steroid dienone is 3. The predicted octanol–water partition coefficient (Wildman–Crippen LogP) is 7.30. The zero-order valence-electron chi connectivity index (χ0n) is 33.6. The van der Waals surface area contributed by atoms with Crippen molar-refractivity contribution in [2.45, 2.75) is 230 Å². The number of amides is 1. The van der Waals surface area contributed by atoms with E-state index >= 15 is 0 Å². The molecule has 0 aromatic heterocycles. The highest BCUT2D eigenvalue weighted by molar-refractivity contribution is 5.80. The molecule has 53 heavy (non-hydrogen) atoms. The standard InChI is InChI=1S/C43H81NO9/c1-3-5-7-9-11-13-15-17-18-19-20-22-24-26-28-30-32-37(47)42(51)44-35(34-52-43-41(50)40(49)39(48)38(33-45)53-43)36(46)31-29-27-25-23-21-16-14-12-10-8-6-4-2/h17-18,29,31,35-41,43,45-50H,3-16,19-28,30,32-34H2,1-2H3,(H,44,51)/b18-17-,31-29+. The van der Waals surface area contributed by atoms with Gasteiger partial charge in [-0.3, -0.25) is 4.79 Å². The Morgan fingerprint density at radius 2 is 1.09 bits per heavy atom. The number of aliphatic hydroxyl groups is 6. The summed E-state index contributed by atoms with van der Waals surface area (Å²) < 4.78 is 11.1. The minimum absolute atomic E-state index is 0.304. The van der Waals surface area contributed by atoms with E-state index in [9.17, 15) is 35.4 Å². The summed E-state index contributed by atoms with van der Waals surface area (Å²) in [5, 5.41) is 64.5. The molecule has 1 saturated heterocycles. The second-order valence-electron chi connectivity index (χ2n) is 15.3. The molecule has 0 radical (unpaired) electrons. The van der Waals surface area contributed by atoms with Crippen molar-refractivity contribution in [1.29, 1.82) is 0 Å². The molecule has 0 saturated carbocycles. The van der Waals surface area contributed by atoms with E-state index in [2.05, 4.69) is 31.3 Å². The molecule has 1 amide bonds. The molecule has 0 bridgehead atoms. The molecule has 10 heteroatoms. The Hall–Kier alpha value is -1.37. The third-order valence-corrected chi connectivity index (χ3v) is 10.4. The van der Waals surface area contributed by atoms with Crippen molar-refractivity contribution in [2.24, 2.45) is 0 Å². The first-order valence-electron chi connectivity index (χ1n) is 21.7. The molecule has 0 aromatic rings. The molecule has 1 aliphatic heterocycles. The highest BCUT2D eigenvalue weighted by Crippen LogP contribution is 2.22. The summed E-state index contributed by atoms with van der Waals surface area (Å²) in [6.07, 6.45) is 28.3. The lowest BCUT2D eigenvalue weighted by Crippen LogP contribution is -2.60. The molecule has 1 heterocycles. The molecule has 1 fully saturated rings. The van der Waals surface area contributed by atoms with Crippen LogP contribution >= 0.6 is 0 Å². The molecule has 0 spiro atoms. The summed E-state index contributed by atoms with van der Waals surface area (Å²) in [4.78, 5) is 13.0. The Morgan fingerprint density at radius 3 is 1.58 bits per heavy atom. The minimum Gasteiger partial charge on any atom is -0.394 e. The van der Waals surface area contributed by atoms with Crippen molar-refractivity contribution >= 4 is 5.91 Å². The van der Waals surface area contributed by atoms with Gasteiger partial charge in [-0.15, -0.1) is 0 Å². The predicted molar refractivity (Wildman–Crippen MR) is 213 cm³/mol. The second-order valence-corrected chi connectivity index (χ2v) is 15.3. The van der Waals surface area contributed by atoms with Crippen molar-refractivity contribution in [1.82, 2.24) is 5.32 Å². The van der Waals surface area contributed by atoms with Gasteiger partial charge in [0.15, 0.2) is 6.29 Å². The lowest BCUT2D eigenvalue weighted by molar-refractivity contribution is -0.302. The Balaban J connectivity index is 2.45. The van der Waals surface area contributed by atoms with E-state index in [-0.39, 0.29) is 6.61 Å². The largest absolute Gasteiger partial charge is 0.394 e. The highest BCUT2D eigenvalue weighted by atomic mass is 16.7. The second kappa shape index (κ2) is 33.9. The topological polar surface area (TPSA) is 169 Å². The molecule has 0 aliphatic carbocycles. The lowest BCUT2D eigenvalue weighted by atomic mass is 9.99. The molecule has 1 rings (SSSR count). The molecular weight excluding hydrogens is 674 g/mol. The summed E-state index contributed by atoms with van der Waals surface area (Å²) >= 11 is 0. The van der Waals surface area contributed by atoms with E-state index in [1.807, 2.05) is 6.08 Å². The maximum Gasteiger partial charge on any atom is 0.249 e. The SMILES string of the molecule is CCCCCCCC/C=C\CCCCCCCCC(O)C(=O)NC(COC1OC(CO)C(O)C(O)C1O)C(O)/C=C/CCCCCCCCCCCC. The van der Waals surface area contributed by atoms with Gasteiger partial charge in [0.1, 0.15) is 30.5 Å². The maximum absolute atomic E-state index is 13.0. The number of unbranched alkanes of at least 4 members (excludes halogenated alkanes) is 22. The van der Waals surface area contributed by atoms with Gasteiger partial charge in [0.05, 0.1) is 25.4 Å². The fourth-order valence-corrected chi connectivity index (χ4v) is 6.74. The molecule has 312 valence electrons. The molecule has 7 N–H and O–H groups in total. The zero-order valence-corrected chi connectivity index (χ0v) is 33.6. The maximum atomic E-state index is 13.0. The van der Waals surface area contributed by atoms with Crippen molar-refractivity contribution in [3.05, 3.63) is 24.3 Å². The van der Waals surface area contributed by atoms with Crippen LogP contribution in [0.1, 0.15) is 181 Å². The summed E-state index contributed by atoms with van der Waals surface area (Å²) in [5.74, 6) is -0.623. The number of rotatable bonds is 35. The smallest absolute Gasteiger partial charge is 0.249 e. The van der Waals surface area contributed by atoms with Crippen LogP contribution in [-0.2, 0) is 14.3 Å². The van der Waals surface area contributed by atoms with E-state index in [1.54, 1.807) is 6.08 Å². The molecule has 10 nitrogen and oxygen atoms in total. The van der Waals surface area contributed by atoms with E-state index in [0.717, 1.165) is 44.9 Å². The van der Waals surface area contributed by atoms with Crippen LogP contribution in [0.25, 0.3) is 0 Å². The van der Waals surface area contributed by atoms with E-state index in [4.69, 9.17) is 9.47 Å². The van der Waals surface area contributed by atoms with Crippen molar-refractivity contribution in [3.63, 3.8) is 0 Å². The molecule has 1 aliphatic rings. The summed E-state index contributed by atoms with van der Waals surface area (Å²) in [5.41, 5.74) is 0. The van der Waals surface area contributed by atoms with Gasteiger partial charge in [-0.1, -0.05) is 160 Å². The number of aliphatic hydroxyl groups excluding tert-OH is 6. The Morgan fingerprint density at radius 1 is 0.642 bits per heavy atom. The average molecular weight is 756 g/mol.